The van der Waals surface area contributed by atoms with Crippen LogP contribution in [0.5, 0.6) is 0 Å². The van der Waals surface area contributed by atoms with Crippen molar-refractivity contribution in [3.05, 3.63) is 47.3 Å². The zero-order valence-corrected chi connectivity index (χ0v) is 7.61. The van der Waals surface area contributed by atoms with E-state index in [9.17, 15) is 4.39 Å². The average molecular weight is 194 g/mol. The van der Waals surface area contributed by atoms with E-state index < -0.39 is 0 Å². The lowest BCUT2D eigenvalue weighted by Gasteiger charge is -2.07. The highest BCUT2D eigenvalue weighted by atomic mass is 19.1. The van der Waals surface area contributed by atoms with Crippen molar-refractivity contribution < 1.29 is 14.2 Å². The highest BCUT2D eigenvalue weighted by molar-refractivity contribution is 5.26. The van der Waals surface area contributed by atoms with Crippen LogP contribution in [0.15, 0.2) is 35.9 Å². The van der Waals surface area contributed by atoms with Crippen LogP contribution in [-0.4, -0.2) is 18.3 Å². The van der Waals surface area contributed by atoms with Crippen LogP contribution in [0.3, 0.4) is 0 Å². The Balaban J connectivity index is 2.21. The molecule has 1 aromatic carbocycles. The van der Waals surface area contributed by atoms with Crippen LogP contribution in [-0.2, 0) is 4.74 Å². The van der Waals surface area contributed by atoms with Crippen molar-refractivity contribution in [2.75, 3.05) is 13.2 Å². The molecule has 0 spiro atoms. The second-order valence-corrected chi connectivity index (χ2v) is 3.27. The Hall–Kier alpha value is -1.19. The minimum absolute atomic E-state index is 0.00577. The van der Waals surface area contributed by atoms with Crippen LogP contribution in [0.2, 0.25) is 0 Å². The number of halogens is 1. The fraction of sp³-hybridized carbons (Fsp3) is 0.273. The van der Waals surface area contributed by atoms with Gasteiger partial charge in [-0.05, 0) is 29.3 Å². The molecular weight excluding hydrogens is 183 g/mol. The van der Waals surface area contributed by atoms with Gasteiger partial charge in [-0.2, -0.15) is 0 Å². The minimum atomic E-state index is -0.267. The standard InChI is InChI=1S/C11H11FO2/c12-10-3-1-2-9(5-10)11-4-8(6-13)7-14-11/h1-5,11,13H,6-7H2/t11-/m1/s1. The normalized spacial score (nSPS) is 21.0. The molecule has 1 heterocycles. The molecule has 1 aliphatic heterocycles. The summed E-state index contributed by atoms with van der Waals surface area (Å²) in [6.45, 7) is 0.434. The summed E-state index contributed by atoms with van der Waals surface area (Å²) < 4.78 is 18.3. The number of aliphatic hydroxyl groups excluding tert-OH is 1. The van der Waals surface area contributed by atoms with E-state index in [1.54, 1.807) is 6.07 Å². The molecule has 74 valence electrons. The van der Waals surface area contributed by atoms with Gasteiger partial charge in [0.15, 0.2) is 0 Å². The van der Waals surface area contributed by atoms with Crippen molar-refractivity contribution in [2.45, 2.75) is 6.10 Å². The lowest BCUT2D eigenvalue weighted by atomic mass is 10.1. The molecule has 0 aromatic heterocycles. The van der Waals surface area contributed by atoms with Crippen LogP contribution >= 0.6 is 0 Å². The summed E-state index contributed by atoms with van der Waals surface area (Å²) in [5, 5.41) is 8.86. The third-order valence-corrected chi connectivity index (χ3v) is 2.22. The molecule has 3 heteroatoms. The lowest BCUT2D eigenvalue weighted by Crippen LogP contribution is -1.96. The average Bonchev–Trinajstić information content (AvgIpc) is 2.66. The van der Waals surface area contributed by atoms with Gasteiger partial charge in [0.25, 0.3) is 0 Å². The summed E-state index contributed by atoms with van der Waals surface area (Å²) in [6, 6.07) is 6.31. The summed E-state index contributed by atoms with van der Waals surface area (Å²) in [6.07, 6.45) is 1.61. The Labute approximate surface area is 81.6 Å². The van der Waals surface area contributed by atoms with Crippen molar-refractivity contribution in [1.29, 1.82) is 0 Å². The number of benzene rings is 1. The van der Waals surface area contributed by atoms with Crippen LogP contribution in [0.25, 0.3) is 0 Å². The van der Waals surface area contributed by atoms with Crippen molar-refractivity contribution in [2.24, 2.45) is 0 Å². The molecule has 0 aliphatic carbocycles. The topological polar surface area (TPSA) is 29.5 Å². The molecule has 0 fully saturated rings. The van der Waals surface area contributed by atoms with Gasteiger partial charge in [-0.25, -0.2) is 4.39 Å². The van der Waals surface area contributed by atoms with E-state index in [2.05, 4.69) is 0 Å². The zero-order chi connectivity index (χ0) is 9.97. The molecule has 1 aliphatic rings. The van der Waals surface area contributed by atoms with E-state index in [0.29, 0.717) is 6.61 Å². The van der Waals surface area contributed by atoms with Crippen LogP contribution in [0, 0.1) is 5.82 Å². The fourth-order valence-electron chi connectivity index (χ4n) is 1.48. The monoisotopic (exact) mass is 194 g/mol. The fourth-order valence-corrected chi connectivity index (χ4v) is 1.48. The van der Waals surface area contributed by atoms with E-state index >= 15 is 0 Å². The van der Waals surface area contributed by atoms with Gasteiger partial charge in [-0.3, -0.25) is 0 Å². The van der Waals surface area contributed by atoms with E-state index in [0.717, 1.165) is 11.1 Å². The minimum Gasteiger partial charge on any atom is -0.392 e. The van der Waals surface area contributed by atoms with Crippen molar-refractivity contribution in [3.63, 3.8) is 0 Å². The predicted molar refractivity (Wildman–Crippen MR) is 50.3 cm³/mol. The van der Waals surface area contributed by atoms with Gasteiger partial charge in [0.1, 0.15) is 11.9 Å². The second-order valence-electron chi connectivity index (χ2n) is 3.27. The molecule has 1 atom stereocenters. The molecule has 0 amide bonds. The Morgan fingerprint density at radius 3 is 3.00 bits per heavy atom. The highest BCUT2D eigenvalue weighted by Gasteiger charge is 2.17. The molecule has 0 saturated carbocycles. The van der Waals surface area contributed by atoms with Crippen LogP contribution < -0.4 is 0 Å². The molecule has 2 nitrogen and oxygen atoms in total. The first-order chi connectivity index (χ1) is 6.79. The highest BCUT2D eigenvalue weighted by Crippen LogP contribution is 2.26. The lowest BCUT2D eigenvalue weighted by molar-refractivity contribution is 0.122. The van der Waals surface area contributed by atoms with Gasteiger partial charge < -0.3 is 9.84 Å². The van der Waals surface area contributed by atoms with Gasteiger partial charge >= 0.3 is 0 Å². The second kappa shape index (κ2) is 3.90. The molecule has 0 radical (unpaired) electrons. The molecule has 0 saturated heterocycles. The number of hydrogen-bond donors (Lipinski definition) is 1. The first-order valence-electron chi connectivity index (χ1n) is 4.47. The largest absolute Gasteiger partial charge is 0.392 e. The summed E-state index contributed by atoms with van der Waals surface area (Å²) in [4.78, 5) is 0. The van der Waals surface area contributed by atoms with Gasteiger partial charge in [0.05, 0.1) is 13.2 Å². The third kappa shape index (κ3) is 1.84. The first-order valence-corrected chi connectivity index (χ1v) is 4.47. The van der Waals surface area contributed by atoms with Crippen LogP contribution in [0.1, 0.15) is 11.7 Å². The van der Waals surface area contributed by atoms with Crippen molar-refractivity contribution in [1.82, 2.24) is 0 Å². The maximum atomic E-state index is 12.9. The van der Waals surface area contributed by atoms with E-state index in [1.807, 2.05) is 12.1 Å². The van der Waals surface area contributed by atoms with Crippen LogP contribution in [0.4, 0.5) is 4.39 Å². The van der Waals surface area contributed by atoms with Gasteiger partial charge in [0, 0.05) is 0 Å². The molecule has 14 heavy (non-hydrogen) atoms. The summed E-state index contributed by atoms with van der Waals surface area (Å²) in [7, 11) is 0. The quantitative estimate of drug-likeness (QED) is 0.727. The smallest absolute Gasteiger partial charge is 0.123 e. The Bertz CT molecular complexity index is 360. The predicted octanol–water partition coefficient (Wildman–Crippen LogP) is 1.82. The van der Waals surface area contributed by atoms with Crippen molar-refractivity contribution in [3.8, 4) is 0 Å². The Kier molecular flexibility index (Phi) is 2.61. The van der Waals surface area contributed by atoms with Gasteiger partial charge in [-0.1, -0.05) is 12.1 Å². The zero-order valence-electron chi connectivity index (χ0n) is 7.61. The molecular formula is C11H11FO2. The molecule has 2 rings (SSSR count). The van der Waals surface area contributed by atoms with E-state index in [-0.39, 0.29) is 18.5 Å². The summed E-state index contributed by atoms with van der Waals surface area (Å²) >= 11 is 0. The molecule has 0 bridgehead atoms. The Morgan fingerprint density at radius 1 is 1.50 bits per heavy atom. The molecule has 1 N–H and O–H groups in total. The maximum absolute atomic E-state index is 12.9. The van der Waals surface area contributed by atoms with E-state index in [4.69, 9.17) is 9.84 Å². The third-order valence-electron chi connectivity index (χ3n) is 2.22. The first kappa shape index (κ1) is 9.37. The van der Waals surface area contributed by atoms with Gasteiger partial charge in [-0.15, -0.1) is 0 Å². The summed E-state index contributed by atoms with van der Waals surface area (Å²) in [5.41, 5.74) is 1.63. The molecule has 0 unspecified atom stereocenters. The number of rotatable bonds is 2. The van der Waals surface area contributed by atoms with Crippen molar-refractivity contribution >= 4 is 0 Å². The molecule has 1 aromatic rings. The maximum Gasteiger partial charge on any atom is 0.123 e. The number of ether oxygens (including phenoxy) is 1. The SMILES string of the molecule is OCC1=C[C@H](c2cccc(F)c2)OC1. The number of aliphatic hydroxyl groups is 1. The van der Waals surface area contributed by atoms with Gasteiger partial charge in [0.2, 0.25) is 0 Å². The van der Waals surface area contributed by atoms with E-state index in [1.165, 1.54) is 12.1 Å². The Morgan fingerprint density at radius 2 is 2.36 bits per heavy atom. The summed E-state index contributed by atoms with van der Waals surface area (Å²) in [5.74, 6) is -0.267. The number of hydrogen-bond acceptors (Lipinski definition) is 2.